The summed E-state index contributed by atoms with van der Waals surface area (Å²) in [7, 11) is 3.95. The summed E-state index contributed by atoms with van der Waals surface area (Å²) >= 11 is 0. The summed E-state index contributed by atoms with van der Waals surface area (Å²) in [5.74, 6) is 0.185. The van der Waals surface area contributed by atoms with Crippen LogP contribution in [0, 0.1) is 0 Å². The summed E-state index contributed by atoms with van der Waals surface area (Å²) < 4.78 is 0. The van der Waals surface area contributed by atoms with Crippen molar-refractivity contribution in [1.29, 1.82) is 0 Å². The number of hydrogen-bond donors (Lipinski definition) is 1. The zero-order chi connectivity index (χ0) is 13.7. The minimum Gasteiger partial charge on any atom is -0.341 e. The van der Waals surface area contributed by atoms with Gasteiger partial charge in [0.1, 0.15) is 0 Å². The molecule has 0 saturated carbocycles. The second-order valence-corrected chi connectivity index (χ2v) is 5.22. The van der Waals surface area contributed by atoms with E-state index in [9.17, 15) is 4.79 Å². The molecule has 1 aromatic rings. The number of nitrogens with zero attached hydrogens (tertiary/aromatic N) is 3. The lowest BCUT2D eigenvalue weighted by Crippen LogP contribution is -2.50. The summed E-state index contributed by atoms with van der Waals surface area (Å²) in [6, 6.07) is 4.15. The van der Waals surface area contributed by atoms with Crippen molar-refractivity contribution in [3.05, 3.63) is 30.1 Å². The summed E-state index contributed by atoms with van der Waals surface area (Å²) in [4.78, 5) is 20.2. The monoisotopic (exact) mass is 262 g/mol. The molecule has 1 unspecified atom stereocenters. The SMILES string of the molecule is CN1CCNC(CC(=O)N(C)Cc2ccncc2)C1. The highest BCUT2D eigenvalue weighted by atomic mass is 16.2. The van der Waals surface area contributed by atoms with Crippen LogP contribution in [0.2, 0.25) is 0 Å². The van der Waals surface area contributed by atoms with Crippen LogP contribution in [0.1, 0.15) is 12.0 Å². The van der Waals surface area contributed by atoms with Crippen LogP contribution in [0.3, 0.4) is 0 Å². The lowest BCUT2D eigenvalue weighted by atomic mass is 10.1. The van der Waals surface area contributed by atoms with Gasteiger partial charge in [0.15, 0.2) is 0 Å². The van der Waals surface area contributed by atoms with E-state index in [0.717, 1.165) is 25.2 Å². The van der Waals surface area contributed by atoms with E-state index in [1.54, 1.807) is 17.3 Å². The van der Waals surface area contributed by atoms with Crippen molar-refractivity contribution in [2.24, 2.45) is 0 Å². The molecule has 0 radical (unpaired) electrons. The fraction of sp³-hybridized carbons (Fsp3) is 0.571. The standard InChI is InChI=1S/C14H22N4O/c1-17-8-7-16-13(11-17)9-14(19)18(2)10-12-3-5-15-6-4-12/h3-6,13,16H,7-11H2,1-2H3. The first kappa shape index (κ1) is 14.0. The number of pyridine rings is 1. The second-order valence-electron chi connectivity index (χ2n) is 5.22. The van der Waals surface area contributed by atoms with Crippen molar-refractivity contribution >= 4 is 5.91 Å². The zero-order valence-corrected chi connectivity index (χ0v) is 11.7. The topological polar surface area (TPSA) is 48.5 Å². The molecule has 104 valence electrons. The predicted molar refractivity (Wildman–Crippen MR) is 74.6 cm³/mol. The first-order valence-corrected chi connectivity index (χ1v) is 6.70. The van der Waals surface area contributed by atoms with Crippen LogP contribution >= 0.6 is 0 Å². The summed E-state index contributed by atoms with van der Waals surface area (Å²) in [5, 5.41) is 3.40. The van der Waals surface area contributed by atoms with Gasteiger partial charge in [-0.3, -0.25) is 9.78 Å². The van der Waals surface area contributed by atoms with Gasteiger partial charge in [-0.25, -0.2) is 0 Å². The van der Waals surface area contributed by atoms with Crippen molar-refractivity contribution in [3.63, 3.8) is 0 Å². The molecular formula is C14H22N4O. The molecule has 2 rings (SSSR count). The quantitative estimate of drug-likeness (QED) is 0.850. The maximum absolute atomic E-state index is 12.2. The normalized spacial score (nSPS) is 20.2. The Bertz CT molecular complexity index is 409. The van der Waals surface area contributed by atoms with E-state index < -0.39 is 0 Å². The molecule has 5 nitrogen and oxygen atoms in total. The third-order valence-corrected chi connectivity index (χ3v) is 3.47. The van der Waals surface area contributed by atoms with Gasteiger partial charge in [0.2, 0.25) is 5.91 Å². The van der Waals surface area contributed by atoms with Gasteiger partial charge >= 0.3 is 0 Å². The lowest BCUT2D eigenvalue weighted by Gasteiger charge is -2.31. The van der Waals surface area contributed by atoms with E-state index in [1.165, 1.54) is 0 Å². The number of carbonyl (C=O) groups excluding carboxylic acids is 1. The number of piperazine rings is 1. The molecule has 1 amide bonds. The maximum atomic E-state index is 12.2. The highest BCUT2D eigenvalue weighted by Crippen LogP contribution is 2.06. The van der Waals surface area contributed by atoms with Crippen molar-refractivity contribution in [2.45, 2.75) is 19.0 Å². The predicted octanol–water partition coefficient (Wildman–Crippen LogP) is 0.334. The molecule has 1 aliphatic heterocycles. The molecule has 1 atom stereocenters. The van der Waals surface area contributed by atoms with Gasteiger partial charge in [0.25, 0.3) is 0 Å². The Morgan fingerprint density at radius 2 is 2.26 bits per heavy atom. The Morgan fingerprint density at radius 3 is 2.95 bits per heavy atom. The molecule has 1 fully saturated rings. The van der Waals surface area contributed by atoms with Gasteiger partial charge in [-0.1, -0.05) is 0 Å². The average Bonchev–Trinajstić information content (AvgIpc) is 2.40. The molecule has 0 bridgehead atoms. The lowest BCUT2D eigenvalue weighted by molar-refractivity contribution is -0.131. The smallest absolute Gasteiger partial charge is 0.224 e. The Kier molecular flexibility index (Phi) is 4.87. The first-order chi connectivity index (χ1) is 9.15. The van der Waals surface area contributed by atoms with Crippen molar-refractivity contribution in [1.82, 2.24) is 20.1 Å². The molecule has 0 spiro atoms. The van der Waals surface area contributed by atoms with Crippen LogP contribution < -0.4 is 5.32 Å². The molecule has 1 aromatic heterocycles. The van der Waals surface area contributed by atoms with Crippen LogP contribution in [0.15, 0.2) is 24.5 Å². The average molecular weight is 262 g/mol. The third-order valence-electron chi connectivity index (χ3n) is 3.47. The zero-order valence-electron chi connectivity index (χ0n) is 11.7. The minimum absolute atomic E-state index is 0.185. The van der Waals surface area contributed by atoms with E-state index >= 15 is 0 Å². The molecule has 0 aliphatic carbocycles. The van der Waals surface area contributed by atoms with E-state index in [2.05, 4.69) is 22.2 Å². The van der Waals surface area contributed by atoms with Crippen LogP contribution in [0.4, 0.5) is 0 Å². The van der Waals surface area contributed by atoms with E-state index in [0.29, 0.717) is 13.0 Å². The van der Waals surface area contributed by atoms with Gasteiger partial charge in [-0.15, -0.1) is 0 Å². The highest BCUT2D eigenvalue weighted by Gasteiger charge is 2.21. The largest absolute Gasteiger partial charge is 0.341 e. The van der Waals surface area contributed by atoms with Crippen LogP contribution in [-0.4, -0.2) is 60.5 Å². The molecule has 0 aromatic carbocycles. The highest BCUT2D eigenvalue weighted by molar-refractivity contribution is 5.76. The summed E-state index contributed by atoms with van der Waals surface area (Å²) in [6.07, 6.45) is 4.07. The third kappa shape index (κ3) is 4.29. The molecule has 5 heteroatoms. The maximum Gasteiger partial charge on any atom is 0.224 e. The number of hydrogen-bond acceptors (Lipinski definition) is 4. The van der Waals surface area contributed by atoms with Gasteiger partial charge < -0.3 is 15.1 Å². The number of carbonyl (C=O) groups is 1. The number of amides is 1. The van der Waals surface area contributed by atoms with Crippen molar-refractivity contribution in [2.75, 3.05) is 33.7 Å². The van der Waals surface area contributed by atoms with E-state index in [1.807, 2.05) is 19.2 Å². The van der Waals surface area contributed by atoms with E-state index in [-0.39, 0.29) is 11.9 Å². The molecular weight excluding hydrogens is 240 g/mol. The van der Waals surface area contributed by atoms with Gasteiger partial charge in [0, 0.05) is 58.1 Å². The fourth-order valence-electron chi connectivity index (χ4n) is 2.35. The van der Waals surface area contributed by atoms with Crippen molar-refractivity contribution in [3.8, 4) is 0 Å². The van der Waals surface area contributed by atoms with E-state index in [4.69, 9.17) is 0 Å². The first-order valence-electron chi connectivity index (χ1n) is 6.70. The summed E-state index contributed by atoms with van der Waals surface area (Å²) in [5.41, 5.74) is 1.11. The Morgan fingerprint density at radius 1 is 1.53 bits per heavy atom. The van der Waals surface area contributed by atoms with Crippen molar-refractivity contribution < 1.29 is 4.79 Å². The van der Waals surface area contributed by atoms with Gasteiger partial charge in [-0.2, -0.15) is 0 Å². The number of nitrogens with one attached hydrogen (secondary N) is 1. The van der Waals surface area contributed by atoms with Crippen LogP contribution in [-0.2, 0) is 11.3 Å². The number of aromatic nitrogens is 1. The molecule has 2 heterocycles. The second kappa shape index (κ2) is 6.63. The Balaban J connectivity index is 1.82. The summed E-state index contributed by atoms with van der Waals surface area (Å²) in [6.45, 7) is 3.60. The number of rotatable bonds is 4. The molecule has 1 aliphatic rings. The number of likely N-dealkylation sites (N-methyl/N-ethyl adjacent to an activating group) is 1. The minimum atomic E-state index is 0.185. The molecule has 1 N–H and O–H groups in total. The molecule has 19 heavy (non-hydrogen) atoms. The van der Waals surface area contributed by atoms with Gasteiger partial charge in [-0.05, 0) is 24.7 Å². The van der Waals surface area contributed by atoms with Crippen LogP contribution in [0.5, 0.6) is 0 Å². The Hall–Kier alpha value is -1.46. The Labute approximate surface area is 114 Å². The molecule has 1 saturated heterocycles. The fourth-order valence-corrected chi connectivity index (χ4v) is 2.35. The van der Waals surface area contributed by atoms with Crippen LogP contribution in [0.25, 0.3) is 0 Å². The van der Waals surface area contributed by atoms with Gasteiger partial charge in [0.05, 0.1) is 0 Å².